The molecule has 1 atom stereocenters. The van der Waals surface area contributed by atoms with Crippen LogP contribution in [0, 0.1) is 0 Å². The van der Waals surface area contributed by atoms with Crippen LogP contribution in [0.4, 0.5) is 11.4 Å². The van der Waals surface area contributed by atoms with E-state index in [0.717, 1.165) is 11.3 Å². The lowest BCUT2D eigenvalue weighted by molar-refractivity contribution is -0.122. The number of para-hydroxylation sites is 1. The van der Waals surface area contributed by atoms with Gasteiger partial charge in [0.15, 0.2) is 11.5 Å². The third-order valence-corrected chi connectivity index (χ3v) is 4.27. The number of anilines is 2. The first-order valence-electron chi connectivity index (χ1n) is 7.95. The second kappa shape index (κ2) is 6.84. The van der Waals surface area contributed by atoms with Gasteiger partial charge < -0.3 is 14.8 Å². The SMILES string of the molecule is COc1ccc(NC(=O)[C@H]2Cc3ccccc3N2C(C)=O)cc1OC. The average molecular weight is 340 g/mol. The minimum absolute atomic E-state index is 0.155. The molecule has 2 aromatic rings. The number of carbonyl (C=O) groups excluding carboxylic acids is 2. The molecule has 0 radical (unpaired) electrons. The number of nitrogens with one attached hydrogen (secondary N) is 1. The lowest BCUT2D eigenvalue weighted by atomic mass is 10.1. The zero-order valence-electron chi connectivity index (χ0n) is 14.4. The summed E-state index contributed by atoms with van der Waals surface area (Å²) in [6.07, 6.45) is 0.495. The predicted molar refractivity (Wildman–Crippen MR) is 95.3 cm³/mol. The quantitative estimate of drug-likeness (QED) is 0.929. The monoisotopic (exact) mass is 340 g/mol. The minimum atomic E-state index is -0.567. The molecule has 0 saturated carbocycles. The van der Waals surface area contributed by atoms with Crippen LogP contribution in [0.5, 0.6) is 11.5 Å². The van der Waals surface area contributed by atoms with E-state index in [1.54, 1.807) is 30.2 Å². The Morgan fingerprint density at radius 3 is 2.48 bits per heavy atom. The maximum absolute atomic E-state index is 12.8. The lowest BCUT2D eigenvalue weighted by Gasteiger charge is -2.23. The molecule has 1 N–H and O–H groups in total. The topological polar surface area (TPSA) is 67.9 Å². The van der Waals surface area contributed by atoms with Crippen LogP contribution >= 0.6 is 0 Å². The van der Waals surface area contributed by atoms with Crippen LogP contribution < -0.4 is 19.7 Å². The highest BCUT2D eigenvalue weighted by Gasteiger charge is 2.36. The summed E-state index contributed by atoms with van der Waals surface area (Å²) in [5, 5.41) is 2.86. The zero-order valence-corrected chi connectivity index (χ0v) is 14.4. The molecule has 0 aromatic heterocycles. The molecule has 0 fully saturated rings. The smallest absolute Gasteiger partial charge is 0.247 e. The Morgan fingerprint density at radius 1 is 1.08 bits per heavy atom. The van der Waals surface area contributed by atoms with E-state index >= 15 is 0 Å². The first-order valence-corrected chi connectivity index (χ1v) is 7.95. The second-order valence-electron chi connectivity index (χ2n) is 5.80. The van der Waals surface area contributed by atoms with E-state index in [0.29, 0.717) is 23.6 Å². The number of amides is 2. The third kappa shape index (κ3) is 3.15. The van der Waals surface area contributed by atoms with Crippen molar-refractivity contribution in [1.29, 1.82) is 0 Å². The maximum Gasteiger partial charge on any atom is 0.247 e. The van der Waals surface area contributed by atoms with E-state index in [-0.39, 0.29) is 11.8 Å². The normalized spacial score (nSPS) is 15.5. The molecule has 0 saturated heterocycles. The Balaban J connectivity index is 1.83. The van der Waals surface area contributed by atoms with Gasteiger partial charge in [0.1, 0.15) is 6.04 Å². The van der Waals surface area contributed by atoms with Crippen molar-refractivity contribution in [1.82, 2.24) is 0 Å². The van der Waals surface area contributed by atoms with E-state index < -0.39 is 6.04 Å². The van der Waals surface area contributed by atoms with Gasteiger partial charge in [-0.25, -0.2) is 0 Å². The minimum Gasteiger partial charge on any atom is -0.493 e. The molecule has 0 spiro atoms. The van der Waals surface area contributed by atoms with Gasteiger partial charge >= 0.3 is 0 Å². The predicted octanol–water partition coefficient (Wildman–Crippen LogP) is 2.62. The van der Waals surface area contributed by atoms with Crippen molar-refractivity contribution in [2.24, 2.45) is 0 Å². The molecule has 2 amide bonds. The summed E-state index contributed by atoms with van der Waals surface area (Å²) in [5.41, 5.74) is 2.37. The van der Waals surface area contributed by atoms with Gasteiger partial charge in [0.2, 0.25) is 11.8 Å². The highest BCUT2D eigenvalue weighted by Crippen LogP contribution is 2.33. The summed E-state index contributed by atoms with van der Waals surface area (Å²) in [7, 11) is 3.09. The van der Waals surface area contributed by atoms with Gasteiger partial charge in [0.25, 0.3) is 0 Å². The van der Waals surface area contributed by atoms with Crippen molar-refractivity contribution in [3.05, 3.63) is 48.0 Å². The molecule has 1 aliphatic heterocycles. The number of rotatable bonds is 4. The fraction of sp³-hybridized carbons (Fsp3) is 0.263. The molecule has 3 rings (SSSR count). The standard InChI is InChI=1S/C19H20N2O4/c1-12(22)21-15-7-5-4-6-13(15)10-16(21)19(23)20-14-8-9-17(24-2)18(11-14)25-3/h4-9,11,16H,10H2,1-3H3,(H,20,23)/t16-/m1/s1. The van der Waals surface area contributed by atoms with Crippen LogP contribution in [0.25, 0.3) is 0 Å². The number of carbonyl (C=O) groups is 2. The third-order valence-electron chi connectivity index (χ3n) is 4.27. The molecule has 6 nitrogen and oxygen atoms in total. The highest BCUT2D eigenvalue weighted by atomic mass is 16.5. The van der Waals surface area contributed by atoms with E-state index in [2.05, 4.69) is 5.32 Å². The first kappa shape index (κ1) is 16.8. The van der Waals surface area contributed by atoms with Gasteiger partial charge in [0, 0.05) is 30.8 Å². The molecular weight excluding hydrogens is 320 g/mol. The summed E-state index contributed by atoms with van der Waals surface area (Å²) in [5.74, 6) is 0.716. The van der Waals surface area contributed by atoms with Crippen LogP contribution in [0.2, 0.25) is 0 Å². The van der Waals surface area contributed by atoms with Crippen molar-refractivity contribution >= 4 is 23.2 Å². The molecule has 25 heavy (non-hydrogen) atoms. The van der Waals surface area contributed by atoms with E-state index in [1.807, 2.05) is 24.3 Å². The molecule has 0 unspecified atom stereocenters. The Morgan fingerprint density at radius 2 is 1.80 bits per heavy atom. The van der Waals surface area contributed by atoms with Gasteiger partial charge in [-0.15, -0.1) is 0 Å². The number of hydrogen-bond acceptors (Lipinski definition) is 4. The number of fused-ring (bicyclic) bond motifs is 1. The Hall–Kier alpha value is -3.02. The summed E-state index contributed by atoms with van der Waals surface area (Å²) >= 11 is 0. The molecule has 2 aromatic carbocycles. The fourth-order valence-corrected chi connectivity index (χ4v) is 3.12. The molecule has 1 heterocycles. The Kier molecular flexibility index (Phi) is 4.61. The van der Waals surface area contributed by atoms with Gasteiger partial charge in [0.05, 0.1) is 14.2 Å². The van der Waals surface area contributed by atoms with Gasteiger partial charge in [-0.2, -0.15) is 0 Å². The van der Waals surface area contributed by atoms with Crippen LogP contribution in [0.1, 0.15) is 12.5 Å². The molecule has 6 heteroatoms. The molecular formula is C19H20N2O4. The van der Waals surface area contributed by atoms with Crippen molar-refractivity contribution in [2.75, 3.05) is 24.4 Å². The second-order valence-corrected chi connectivity index (χ2v) is 5.80. The summed E-state index contributed by atoms with van der Waals surface area (Å²) in [4.78, 5) is 26.4. The fourth-order valence-electron chi connectivity index (χ4n) is 3.12. The van der Waals surface area contributed by atoms with Crippen molar-refractivity contribution in [3.8, 4) is 11.5 Å². The van der Waals surface area contributed by atoms with E-state index in [4.69, 9.17) is 9.47 Å². The molecule has 1 aliphatic rings. The van der Waals surface area contributed by atoms with Gasteiger partial charge in [-0.1, -0.05) is 18.2 Å². The van der Waals surface area contributed by atoms with Crippen LogP contribution in [0.15, 0.2) is 42.5 Å². The van der Waals surface area contributed by atoms with Gasteiger partial charge in [-0.05, 0) is 23.8 Å². The van der Waals surface area contributed by atoms with Crippen LogP contribution in [-0.2, 0) is 16.0 Å². The Labute approximate surface area is 146 Å². The number of methoxy groups -OCH3 is 2. The summed E-state index contributed by atoms with van der Waals surface area (Å²) < 4.78 is 10.4. The maximum atomic E-state index is 12.8. The number of ether oxygens (including phenoxy) is 2. The average Bonchev–Trinajstić information content (AvgIpc) is 3.01. The van der Waals surface area contributed by atoms with Crippen LogP contribution in [-0.4, -0.2) is 32.1 Å². The van der Waals surface area contributed by atoms with Crippen molar-refractivity contribution in [2.45, 2.75) is 19.4 Å². The number of hydrogen-bond donors (Lipinski definition) is 1. The lowest BCUT2D eigenvalue weighted by Crippen LogP contribution is -2.44. The van der Waals surface area contributed by atoms with Crippen molar-refractivity contribution < 1.29 is 19.1 Å². The molecule has 130 valence electrons. The number of benzene rings is 2. The molecule has 0 bridgehead atoms. The molecule has 0 aliphatic carbocycles. The first-order chi connectivity index (χ1) is 12.0. The van der Waals surface area contributed by atoms with Crippen molar-refractivity contribution in [3.63, 3.8) is 0 Å². The number of nitrogens with zero attached hydrogens (tertiary/aromatic N) is 1. The van der Waals surface area contributed by atoms with E-state index in [9.17, 15) is 9.59 Å². The van der Waals surface area contributed by atoms with Gasteiger partial charge in [-0.3, -0.25) is 14.5 Å². The van der Waals surface area contributed by atoms with Crippen LogP contribution in [0.3, 0.4) is 0 Å². The summed E-state index contributed by atoms with van der Waals surface area (Å²) in [6.45, 7) is 1.47. The van der Waals surface area contributed by atoms with E-state index in [1.165, 1.54) is 14.0 Å². The highest BCUT2D eigenvalue weighted by molar-refractivity contribution is 6.06. The Bertz CT molecular complexity index is 819. The summed E-state index contributed by atoms with van der Waals surface area (Å²) in [6, 6.07) is 12.2. The largest absolute Gasteiger partial charge is 0.493 e. The zero-order chi connectivity index (χ0) is 18.0.